The molecular weight excluding hydrogens is 461 g/mol. The van der Waals surface area contributed by atoms with E-state index in [1.807, 2.05) is 6.07 Å². The first-order chi connectivity index (χ1) is 16.4. The zero-order valence-electron chi connectivity index (χ0n) is 19.1. The summed E-state index contributed by atoms with van der Waals surface area (Å²) in [7, 11) is 0. The quantitative estimate of drug-likeness (QED) is 0.498. The van der Waals surface area contributed by atoms with Crippen LogP contribution < -0.4 is 10.5 Å². The first-order valence-corrected chi connectivity index (χ1v) is 10.8. The molecule has 0 bridgehead atoms. The Balaban J connectivity index is 2.02. The van der Waals surface area contributed by atoms with Crippen molar-refractivity contribution >= 4 is 11.6 Å². The highest BCUT2D eigenvalue weighted by Gasteiger charge is 2.51. The van der Waals surface area contributed by atoms with Crippen LogP contribution in [0.4, 0.5) is 13.2 Å². The van der Waals surface area contributed by atoms with E-state index in [-0.39, 0.29) is 52.9 Å². The number of H-pyrrole nitrogens is 1. The number of hydrogen-bond acceptors (Lipinski definition) is 6. The van der Waals surface area contributed by atoms with Crippen LogP contribution in [0.2, 0.25) is 0 Å². The highest BCUT2D eigenvalue weighted by Crippen LogP contribution is 2.53. The monoisotopic (exact) mass is 482 g/mol. The van der Waals surface area contributed by atoms with Crippen molar-refractivity contribution < 1.29 is 27.5 Å². The van der Waals surface area contributed by atoms with E-state index in [0.29, 0.717) is 11.3 Å². The number of rotatable bonds is 2. The molecule has 2 atom stereocenters. The number of allylic oxidation sites excluding steroid dienone is 1. The molecule has 1 fully saturated rings. The minimum Gasteiger partial charge on any atom is -0.420 e. The zero-order chi connectivity index (χ0) is 25.7. The number of aromatic nitrogens is 2. The molecular formula is C25H21F3N4O3. The number of nitriles is 1. The van der Waals surface area contributed by atoms with E-state index in [0.717, 1.165) is 12.1 Å². The van der Waals surface area contributed by atoms with Crippen LogP contribution in [0, 0.1) is 41.9 Å². The van der Waals surface area contributed by atoms with Crippen LogP contribution >= 0.6 is 0 Å². The molecule has 180 valence electrons. The van der Waals surface area contributed by atoms with Gasteiger partial charge in [-0.3, -0.25) is 14.7 Å². The number of nitrogens with two attached hydrogens (primary N) is 1. The molecule has 35 heavy (non-hydrogen) atoms. The number of halogens is 3. The summed E-state index contributed by atoms with van der Waals surface area (Å²) in [6.07, 6.45) is -4.99. The van der Waals surface area contributed by atoms with Gasteiger partial charge in [-0.1, -0.05) is 25.7 Å². The summed E-state index contributed by atoms with van der Waals surface area (Å²) in [5.41, 5.74) is 4.67. The van der Waals surface area contributed by atoms with E-state index >= 15 is 0 Å². The van der Waals surface area contributed by atoms with Gasteiger partial charge in [-0.15, -0.1) is 5.10 Å². The molecule has 1 saturated carbocycles. The number of carbonyl (C=O) groups excluding carboxylic acids is 2. The summed E-state index contributed by atoms with van der Waals surface area (Å²) in [4.78, 5) is 23.5. The average Bonchev–Trinajstić information content (AvgIpc) is 3.30. The fraction of sp³-hybridized carbons (Fsp3) is 0.360. The number of carbonyl (C=O) groups is 2. The summed E-state index contributed by atoms with van der Waals surface area (Å²) in [6.45, 7) is 5.21. The predicted molar refractivity (Wildman–Crippen MR) is 117 cm³/mol. The van der Waals surface area contributed by atoms with Crippen molar-refractivity contribution in [1.29, 1.82) is 5.26 Å². The third-order valence-corrected chi connectivity index (χ3v) is 6.43. The van der Waals surface area contributed by atoms with Gasteiger partial charge in [0.25, 0.3) is 0 Å². The molecule has 2 unspecified atom stereocenters. The molecule has 2 aromatic rings. The van der Waals surface area contributed by atoms with Gasteiger partial charge in [-0.2, -0.15) is 18.4 Å². The molecule has 2 heterocycles. The van der Waals surface area contributed by atoms with Crippen LogP contribution in [0.3, 0.4) is 0 Å². The smallest absolute Gasteiger partial charge is 0.416 e. The Morgan fingerprint density at radius 2 is 2.00 bits per heavy atom. The van der Waals surface area contributed by atoms with Crippen LogP contribution in [0.15, 0.2) is 29.7 Å². The lowest BCUT2D eigenvalue weighted by atomic mass is 9.61. The number of Topliss-reactive ketones (excluding diaryl/α,β-unsaturated/α-hetero) is 2. The lowest BCUT2D eigenvalue weighted by Crippen LogP contribution is -2.41. The third-order valence-electron chi connectivity index (χ3n) is 6.43. The maximum atomic E-state index is 14.0. The lowest BCUT2D eigenvalue weighted by Gasteiger charge is -2.41. The SMILES string of the molecule is Cc1[nH]nc2c1C(c1cc(C#CC3CC(=O)CC3=O)cc(C(F)(F)F)c1)(C(C)C)C(C#N)=C(N)O2. The summed E-state index contributed by atoms with van der Waals surface area (Å²) >= 11 is 0. The van der Waals surface area contributed by atoms with Crippen molar-refractivity contribution in [2.24, 2.45) is 17.6 Å². The fourth-order valence-corrected chi connectivity index (χ4v) is 4.89. The Hall–Kier alpha value is -4.05. The van der Waals surface area contributed by atoms with Crippen molar-refractivity contribution in [2.75, 3.05) is 0 Å². The van der Waals surface area contributed by atoms with Gasteiger partial charge in [-0.25, -0.2) is 0 Å². The van der Waals surface area contributed by atoms with Crippen molar-refractivity contribution in [2.45, 2.75) is 45.2 Å². The van der Waals surface area contributed by atoms with Gasteiger partial charge in [0.1, 0.15) is 17.4 Å². The number of aromatic amines is 1. The molecule has 0 saturated heterocycles. The first kappa shape index (κ1) is 24.1. The number of benzene rings is 1. The normalized spacial score (nSPS) is 21.9. The second kappa shape index (κ2) is 8.31. The molecule has 1 aromatic heterocycles. The Labute approximate surface area is 199 Å². The minimum atomic E-state index is -4.72. The predicted octanol–water partition coefficient (Wildman–Crippen LogP) is 3.67. The summed E-state index contributed by atoms with van der Waals surface area (Å²) in [5.74, 6) is 3.24. The van der Waals surface area contributed by atoms with Gasteiger partial charge in [0.2, 0.25) is 11.8 Å². The van der Waals surface area contributed by atoms with Crippen LogP contribution in [-0.2, 0) is 21.2 Å². The number of ketones is 2. The number of aryl methyl sites for hydroxylation is 1. The van der Waals surface area contributed by atoms with Crippen LogP contribution in [0.25, 0.3) is 0 Å². The summed E-state index contributed by atoms with van der Waals surface area (Å²) in [5, 5.41) is 16.9. The molecule has 1 aliphatic carbocycles. The van der Waals surface area contributed by atoms with Crippen LogP contribution in [0.1, 0.15) is 54.6 Å². The minimum absolute atomic E-state index is 0.00736. The van der Waals surface area contributed by atoms with E-state index in [4.69, 9.17) is 10.5 Å². The van der Waals surface area contributed by atoms with Crippen LogP contribution in [-0.4, -0.2) is 21.8 Å². The number of alkyl halides is 3. The Kier molecular flexibility index (Phi) is 5.72. The second-order valence-corrected chi connectivity index (χ2v) is 8.95. The largest absolute Gasteiger partial charge is 0.420 e. The highest BCUT2D eigenvalue weighted by atomic mass is 19.4. The molecule has 2 aliphatic rings. The first-order valence-electron chi connectivity index (χ1n) is 10.8. The van der Waals surface area contributed by atoms with Gasteiger partial charge in [0.05, 0.1) is 28.9 Å². The molecule has 0 radical (unpaired) electrons. The number of nitrogens with one attached hydrogen (secondary N) is 1. The van der Waals surface area contributed by atoms with Crippen molar-refractivity contribution in [3.63, 3.8) is 0 Å². The van der Waals surface area contributed by atoms with Crippen LogP contribution in [0.5, 0.6) is 5.88 Å². The Bertz CT molecular complexity index is 1390. The van der Waals surface area contributed by atoms with E-state index in [1.54, 1.807) is 20.8 Å². The van der Waals surface area contributed by atoms with E-state index in [1.165, 1.54) is 6.07 Å². The molecule has 7 nitrogen and oxygen atoms in total. The maximum Gasteiger partial charge on any atom is 0.416 e. The number of nitrogens with zero attached hydrogens (tertiary/aromatic N) is 2. The Morgan fingerprint density at radius 1 is 1.29 bits per heavy atom. The number of ether oxygens (including phenoxy) is 1. The van der Waals surface area contributed by atoms with E-state index in [9.17, 15) is 28.0 Å². The molecule has 1 aliphatic heterocycles. The third kappa shape index (κ3) is 3.85. The van der Waals surface area contributed by atoms with Gasteiger partial charge in [0.15, 0.2) is 5.78 Å². The van der Waals surface area contributed by atoms with E-state index < -0.39 is 29.0 Å². The molecule has 3 N–H and O–H groups in total. The lowest BCUT2D eigenvalue weighted by molar-refractivity contribution is -0.137. The van der Waals surface area contributed by atoms with E-state index in [2.05, 4.69) is 22.0 Å². The topological polar surface area (TPSA) is 122 Å². The van der Waals surface area contributed by atoms with Gasteiger partial charge in [-0.05, 0) is 36.6 Å². The summed E-state index contributed by atoms with van der Waals surface area (Å²) in [6, 6.07) is 5.35. The van der Waals surface area contributed by atoms with Crippen molar-refractivity contribution in [3.05, 3.63) is 57.6 Å². The fourth-order valence-electron chi connectivity index (χ4n) is 4.89. The second-order valence-electron chi connectivity index (χ2n) is 8.95. The standard InChI is InChI=1S/C25H21F3N4O3/c1-12(2)24(19(11-29)22(30)35-23-21(24)13(3)31-32-23)16-6-14(7-17(9-16)25(26,27)28)4-5-15-8-18(33)10-20(15)34/h6-7,9,12,15H,8,10,30H2,1-3H3,(H,31,32). The Morgan fingerprint density at radius 3 is 2.57 bits per heavy atom. The van der Waals surface area contributed by atoms with Gasteiger partial charge < -0.3 is 10.5 Å². The van der Waals surface area contributed by atoms with Gasteiger partial charge >= 0.3 is 6.18 Å². The van der Waals surface area contributed by atoms with Crippen molar-refractivity contribution in [3.8, 4) is 23.8 Å². The number of hydrogen-bond donors (Lipinski definition) is 2. The average molecular weight is 482 g/mol. The molecule has 1 aromatic carbocycles. The maximum absolute atomic E-state index is 14.0. The van der Waals surface area contributed by atoms with Crippen molar-refractivity contribution in [1.82, 2.24) is 10.2 Å². The molecule has 0 amide bonds. The van der Waals surface area contributed by atoms with Gasteiger partial charge in [0, 0.05) is 17.7 Å². The zero-order valence-corrected chi connectivity index (χ0v) is 19.1. The summed E-state index contributed by atoms with van der Waals surface area (Å²) < 4.78 is 47.4. The molecule has 0 spiro atoms. The highest BCUT2D eigenvalue weighted by molar-refractivity contribution is 6.08. The molecule has 4 rings (SSSR count). The number of fused-ring (bicyclic) bond motifs is 1. The molecule has 10 heteroatoms.